The van der Waals surface area contributed by atoms with Gasteiger partial charge in [-0.2, -0.15) is 0 Å². The lowest BCUT2D eigenvalue weighted by atomic mass is 9.56. The molecule has 1 atom stereocenters. The molecule has 0 bridgehead atoms. The van der Waals surface area contributed by atoms with Gasteiger partial charge < -0.3 is 11.5 Å². The number of hydrogen-bond donors (Lipinski definition) is 2. The molecule has 0 aliphatic carbocycles. The number of hydrogen-bond acceptors (Lipinski definition) is 2. The van der Waals surface area contributed by atoms with Crippen molar-refractivity contribution >= 4 is 11.4 Å². The predicted octanol–water partition coefficient (Wildman–Crippen LogP) is 4.98. The summed E-state index contributed by atoms with van der Waals surface area (Å²) in [6, 6.07) is 16.7. The van der Waals surface area contributed by atoms with Gasteiger partial charge in [0.2, 0.25) is 0 Å². The second-order valence-electron chi connectivity index (χ2n) is 6.57. The summed E-state index contributed by atoms with van der Waals surface area (Å²) in [5, 5.41) is 0. The lowest BCUT2D eigenvalue weighted by Gasteiger charge is -2.47. The quantitative estimate of drug-likeness (QED) is 0.764. The number of nitrogen functional groups attached to an aromatic ring is 2. The Morgan fingerprint density at radius 3 is 1.95 bits per heavy atom. The van der Waals surface area contributed by atoms with Crippen LogP contribution in [0.15, 0.2) is 48.5 Å². The van der Waals surface area contributed by atoms with Crippen molar-refractivity contribution in [3.63, 3.8) is 0 Å². The van der Waals surface area contributed by atoms with Crippen LogP contribution in [0.2, 0.25) is 0 Å². The summed E-state index contributed by atoms with van der Waals surface area (Å²) >= 11 is 0. The van der Waals surface area contributed by atoms with E-state index in [4.69, 9.17) is 11.5 Å². The third-order valence-electron chi connectivity index (χ3n) is 5.80. The zero-order chi connectivity index (χ0) is 16.4. The first-order valence-corrected chi connectivity index (χ1v) is 8.10. The fraction of sp³-hybridized carbons (Fsp3) is 0.400. The maximum absolute atomic E-state index is 6.39. The summed E-state index contributed by atoms with van der Waals surface area (Å²) in [5.74, 6) is 0. The van der Waals surface area contributed by atoms with Crippen molar-refractivity contribution in [2.75, 3.05) is 11.5 Å². The number of anilines is 2. The van der Waals surface area contributed by atoms with Crippen molar-refractivity contribution < 1.29 is 0 Å². The third kappa shape index (κ3) is 2.37. The van der Waals surface area contributed by atoms with E-state index in [0.717, 1.165) is 18.4 Å². The van der Waals surface area contributed by atoms with Crippen LogP contribution in [0.3, 0.4) is 0 Å². The Morgan fingerprint density at radius 2 is 1.41 bits per heavy atom. The molecule has 0 aliphatic heterocycles. The molecule has 22 heavy (non-hydrogen) atoms. The molecular formula is C20H28N2. The van der Waals surface area contributed by atoms with Gasteiger partial charge in [0.05, 0.1) is 11.4 Å². The van der Waals surface area contributed by atoms with Crippen LogP contribution in [0, 0.1) is 5.41 Å². The number of rotatable bonds is 5. The Kier molecular flexibility index (Phi) is 4.50. The Morgan fingerprint density at radius 1 is 0.818 bits per heavy atom. The minimum atomic E-state index is -0.183. The van der Waals surface area contributed by atoms with Gasteiger partial charge >= 0.3 is 0 Å². The molecule has 2 nitrogen and oxygen atoms in total. The maximum atomic E-state index is 6.39. The molecule has 2 aromatic carbocycles. The second kappa shape index (κ2) is 6.04. The fourth-order valence-electron chi connectivity index (χ4n) is 3.58. The molecule has 2 rings (SSSR count). The molecule has 0 aromatic heterocycles. The van der Waals surface area contributed by atoms with Crippen LogP contribution < -0.4 is 11.5 Å². The Balaban J connectivity index is 2.79. The molecule has 0 aliphatic rings. The molecule has 2 heteroatoms. The van der Waals surface area contributed by atoms with Crippen molar-refractivity contribution in [3.8, 4) is 0 Å². The Labute approximate surface area is 134 Å². The monoisotopic (exact) mass is 296 g/mol. The van der Waals surface area contributed by atoms with Crippen LogP contribution in [0.25, 0.3) is 0 Å². The van der Waals surface area contributed by atoms with Gasteiger partial charge in [0, 0.05) is 5.41 Å². The van der Waals surface area contributed by atoms with Gasteiger partial charge in [-0.25, -0.2) is 0 Å². The molecule has 0 amide bonds. The van der Waals surface area contributed by atoms with Crippen LogP contribution in [0.4, 0.5) is 11.4 Å². The number of para-hydroxylation sites is 1. The van der Waals surface area contributed by atoms with E-state index >= 15 is 0 Å². The van der Waals surface area contributed by atoms with Gasteiger partial charge in [-0.3, -0.25) is 0 Å². The van der Waals surface area contributed by atoms with Crippen LogP contribution in [0.5, 0.6) is 0 Å². The van der Waals surface area contributed by atoms with Crippen molar-refractivity contribution in [1.82, 2.24) is 0 Å². The van der Waals surface area contributed by atoms with Gasteiger partial charge in [0.25, 0.3) is 0 Å². The molecule has 4 N–H and O–H groups in total. The van der Waals surface area contributed by atoms with E-state index in [2.05, 4.69) is 64.1 Å². The van der Waals surface area contributed by atoms with E-state index < -0.39 is 0 Å². The lowest BCUT2D eigenvalue weighted by Crippen LogP contribution is -2.42. The fourth-order valence-corrected chi connectivity index (χ4v) is 3.58. The molecule has 0 saturated heterocycles. The minimum absolute atomic E-state index is 0.0935. The summed E-state index contributed by atoms with van der Waals surface area (Å²) in [5.41, 5.74) is 16.2. The highest BCUT2D eigenvalue weighted by Gasteiger charge is 2.45. The van der Waals surface area contributed by atoms with Crippen LogP contribution in [-0.2, 0) is 5.41 Å². The zero-order valence-corrected chi connectivity index (χ0v) is 14.2. The summed E-state index contributed by atoms with van der Waals surface area (Å²) in [6.07, 6.45) is 2.15. The van der Waals surface area contributed by atoms with E-state index in [1.54, 1.807) is 0 Å². The first-order valence-electron chi connectivity index (χ1n) is 8.10. The van der Waals surface area contributed by atoms with Crippen molar-refractivity contribution in [3.05, 3.63) is 59.7 Å². The summed E-state index contributed by atoms with van der Waals surface area (Å²) in [4.78, 5) is 0. The van der Waals surface area contributed by atoms with E-state index in [1.807, 2.05) is 12.1 Å². The van der Waals surface area contributed by atoms with Gasteiger partial charge in [-0.15, -0.1) is 0 Å². The average molecular weight is 296 g/mol. The number of benzene rings is 2. The predicted molar refractivity (Wildman–Crippen MR) is 96.9 cm³/mol. The van der Waals surface area contributed by atoms with Gasteiger partial charge in [-0.05, 0) is 35.4 Å². The van der Waals surface area contributed by atoms with E-state index in [9.17, 15) is 0 Å². The average Bonchev–Trinajstić information content (AvgIpc) is 2.56. The molecule has 0 fully saturated rings. The van der Waals surface area contributed by atoms with Gasteiger partial charge in [0.1, 0.15) is 0 Å². The highest BCUT2D eigenvalue weighted by Crippen LogP contribution is 2.52. The Bertz CT molecular complexity index is 629. The first-order chi connectivity index (χ1) is 10.4. The van der Waals surface area contributed by atoms with E-state index in [1.165, 1.54) is 5.56 Å². The molecule has 0 radical (unpaired) electrons. The SMILES string of the molecule is CCC(C)(CC)C(C)(c1ccccc1)c1cccc(N)c1N. The molecule has 0 spiro atoms. The molecule has 0 heterocycles. The van der Waals surface area contributed by atoms with Crippen molar-refractivity contribution in [2.24, 2.45) is 5.41 Å². The van der Waals surface area contributed by atoms with E-state index in [-0.39, 0.29) is 10.8 Å². The second-order valence-corrected chi connectivity index (χ2v) is 6.57. The standard InChI is InChI=1S/C20H28N2/c1-5-19(3,6-2)20(4,15-11-8-7-9-12-15)16-13-10-14-17(21)18(16)22/h7-14H,5-6,21-22H2,1-4H3. The first kappa shape index (κ1) is 16.4. The molecule has 118 valence electrons. The highest BCUT2D eigenvalue weighted by atomic mass is 14.7. The molecule has 0 saturated carbocycles. The smallest absolute Gasteiger partial charge is 0.0589 e. The summed E-state index contributed by atoms with van der Waals surface area (Å²) < 4.78 is 0. The Hall–Kier alpha value is -1.96. The highest BCUT2D eigenvalue weighted by molar-refractivity contribution is 5.70. The summed E-state index contributed by atoms with van der Waals surface area (Å²) in [7, 11) is 0. The normalized spacial score (nSPS) is 14.5. The lowest BCUT2D eigenvalue weighted by molar-refractivity contribution is 0.174. The zero-order valence-electron chi connectivity index (χ0n) is 14.2. The maximum Gasteiger partial charge on any atom is 0.0589 e. The van der Waals surface area contributed by atoms with Crippen LogP contribution >= 0.6 is 0 Å². The van der Waals surface area contributed by atoms with Crippen molar-refractivity contribution in [2.45, 2.75) is 46.0 Å². The molecular weight excluding hydrogens is 268 g/mol. The molecule has 1 unspecified atom stereocenters. The summed E-state index contributed by atoms with van der Waals surface area (Å²) in [6.45, 7) is 9.17. The van der Waals surface area contributed by atoms with E-state index in [0.29, 0.717) is 11.4 Å². The largest absolute Gasteiger partial charge is 0.397 e. The third-order valence-corrected chi connectivity index (χ3v) is 5.80. The minimum Gasteiger partial charge on any atom is -0.397 e. The molecule has 2 aromatic rings. The van der Waals surface area contributed by atoms with Crippen molar-refractivity contribution in [1.29, 1.82) is 0 Å². The van der Waals surface area contributed by atoms with Gasteiger partial charge in [0.15, 0.2) is 0 Å². The van der Waals surface area contributed by atoms with Gasteiger partial charge in [-0.1, -0.05) is 70.2 Å². The topological polar surface area (TPSA) is 52.0 Å². The number of nitrogens with two attached hydrogens (primary N) is 2. The van der Waals surface area contributed by atoms with Crippen LogP contribution in [0.1, 0.15) is 51.7 Å². The van der Waals surface area contributed by atoms with Crippen LogP contribution in [-0.4, -0.2) is 0 Å².